The fourth-order valence-electron chi connectivity index (χ4n) is 3.69. The molecule has 1 aliphatic heterocycles. The van der Waals surface area contributed by atoms with E-state index in [9.17, 15) is 14.4 Å². The summed E-state index contributed by atoms with van der Waals surface area (Å²) in [6, 6.07) is 7.46. The fraction of sp³-hybridized carbons (Fsp3) is 0.478. The zero-order valence-corrected chi connectivity index (χ0v) is 18.3. The van der Waals surface area contributed by atoms with Crippen LogP contribution >= 0.6 is 0 Å². The van der Waals surface area contributed by atoms with Crippen molar-refractivity contribution in [2.75, 3.05) is 36.5 Å². The number of carbonyl (C=O) groups excluding carboxylic acids is 2. The molecule has 32 heavy (non-hydrogen) atoms. The van der Waals surface area contributed by atoms with Gasteiger partial charge in [-0.05, 0) is 43.9 Å². The van der Waals surface area contributed by atoms with Gasteiger partial charge in [0.1, 0.15) is 0 Å². The molecule has 2 aliphatic rings. The highest BCUT2D eigenvalue weighted by Crippen LogP contribution is 2.30. The third-order valence-corrected chi connectivity index (χ3v) is 5.75. The summed E-state index contributed by atoms with van der Waals surface area (Å²) in [7, 11) is 0. The van der Waals surface area contributed by atoms with E-state index in [0.717, 1.165) is 24.1 Å². The minimum atomic E-state index is -0.203. The van der Waals surface area contributed by atoms with Gasteiger partial charge in [0.15, 0.2) is 0 Å². The third-order valence-electron chi connectivity index (χ3n) is 5.75. The van der Waals surface area contributed by atoms with E-state index in [1.54, 1.807) is 6.92 Å². The number of hydrogen-bond acceptors (Lipinski definition) is 6. The molecular formula is C23H29N5O4. The van der Waals surface area contributed by atoms with Crippen LogP contribution in [0, 0.1) is 12.8 Å². The number of anilines is 2. The van der Waals surface area contributed by atoms with Crippen LogP contribution in [0.15, 0.2) is 29.1 Å². The van der Waals surface area contributed by atoms with Gasteiger partial charge in [0.05, 0.1) is 13.2 Å². The summed E-state index contributed by atoms with van der Waals surface area (Å²) in [5.41, 5.74) is 2.61. The van der Waals surface area contributed by atoms with Crippen molar-refractivity contribution in [3.8, 4) is 0 Å². The lowest BCUT2D eigenvalue weighted by Crippen LogP contribution is -2.38. The van der Waals surface area contributed by atoms with Gasteiger partial charge < -0.3 is 20.3 Å². The molecule has 1 saturated carbocycles. The number of morpholine rings is 1. The molecule has 9 heteroatoms. The van der Waals surface area contributed by atoms with Crippen molar-refractivity contribution in [3.05, 3.63) is 51.4 Å². The highest BCUT2D eigenvalue weighted by molar-refractivity contribution is 5.94. The molecule has 0 bridgehead atoms. The lowest BCUT2D eigenvalue weighted by Gasteiger charge is -2.27. The number of rotatable bonds is 8. The van der Waals surface area contributed by atoms with E-state index >= 15 is 0 Å². The number of aromatic nitrogens is 2. The first-order chi connectivity index (χ1) is 15.5. The Bertz CT molecular complexity index is 1040. The molecule has 170 valence electrons. The predicted octanol–water partition coefficient (Wildman–Crippen LogP) is 1.51. The Morgan fingerprint density at radius 2 is 2.03 bits per heavy atom. The second-order valence-electron chi connectivity index (χ2n) is 8.29. The van der Waals surface area contributed by atoms with Gasteiger partial charge in [0, 0.05) is 48.9 Å². The molecule has 1 aromatic carbocycles. The number of ether oxygens (including phenoxy) is 1. The first-order valence-electron chi connectivity index (χ1n) is 11.1. The largest absolute Gasteiger partial charge is 0.378 e. The standard InChI is InChI=1S/C23H29N5O4/c1-15-19(22(31)27-23(25-15)28-9-11-32-12-10-28)7-8-20(29)24-14-16-3-2-4-18(13-16)26-21(30)17-5-6-17/h2-4,13,17H,5-12,14H2,1H3,(H,24,29)(H,26,30)(H,25,27,31). The van der Waals surface area contributed by atoms with Gasteiger partial charge in [0.2, 0.25) is 17.8 Å². The molecule has 4 rings (SSSR count). The van der Waals surface area contributed by atoms with Crippen LogP contribution in [0.5, 0.6) is 0 Å². The maximum atomic E-state index is 12.6. The number of nitrogens with one attached hydrogen (secondary N) is 3. The Hall–Kier alpha value is -3.20. The minimum Gasteiger partial charge on any atom is -0.378 e. The Balaban J connectivity index is 1.28. The van der Waals surface area contributed by atoms with Gasteiger partial charge in [-0.1, -0.05) is 12.1 Å². The Morgan fingerprint density at radius 3 is 2.75 bits per heavy atom. The molecule has 2 fully saturated rings. The number of nitrogens with zero attached hydrogens (tertiary/aromatic N) is 2. The molecular weight excluding hydrogens is 410 g/mol. The predicted molar refractivity (Wildman–Crippen MR) is 121 cm³/mol. The second-order valence-corrected chi connectivity index (χ2v) is 8.29. The van der Waals surface area contributed by atoms with Gasteiger partial charge in [0.25, 0.3) is 5.56 Å². The van der Waals surface area contributed by atoms with Gasteiger partial charge >= 0.3 is 0 Å². The van der Waals surface area contributed by atoms with E-state index in [1.165, 1.54) is 0 Å². The quantitative estimate of drug-likeness (QED) is 0.574. The summed E-state index contributed by atoms with van der Waals surface area (Å²) in [5.74, 6) is 0.605. The summed E-state index contributed by atoms with van der Waals surface area (Å²) in [6.45, 7) is 4.76. The number of aryl methyl sites for hydroxylation is 1. The Labute approximate surface area is 186 Å². The molecule has 3 N–H and O–H groups in total. The van der Waals surface area contributed by atoms with Crippen molar-refractivity contribution in [1.29, 1.82) is 0 Å². The molecule has 2 amide bonds. The normalized spacial score (nSPS) is 16.0. The van der Waals surface area contributed by atoms with Crippen molar-refractivity contribution < 1.29 is 14.3 Å². The molecule has 1 aromatic heterocycles. The van der Waals surface area contributed by atoms with Crippen LogP contribution in [0.4, 0.5) is 11.6 Å². The number of aromatic amines is 1. The van der Waals surface area contributed by atoms with Gasteiger partial charge in [-0.2, -0.15) is 0 Å². The van der Waals surface area contributed by atoms with Crippen LogP contribution in [-0.4, -0.2) is 48.1 Å². The van der Waals surface area contributed by atoms with Crippen molar-refractivity contribution in [2.45, 2.75) is 39.2 Å². The molecule has 0 spiro atoms. The molecule has 9 nitrogen and oxygen atoms in total. The van der Waals surface area contributed by atoms with Crippen LogP contribution in [0.2, 0.25) is 0 Å². The molecule has 0 unspecified atom stereocenters. The highest BCUT2D eigenvalue weighted by Gasteiger charge is 2.29. The van der Waals surface area contributed by atoms with E-state index in [0.29, 0.717) is 56.5 Å². The lowest BCUT2D eigenvalue weighted by molar-refractivity contribution is -0.121. The van der Waals surface area contributed by atoms with E-state index in [4.69, 9.17) is 4.74 Å². The second kappa shape index (κ2) is 9.95. The summed E-state index contributed by atoms with van der Waals surface area (Å²) in [4.78, 5) is 46.2. The molecule has 2 aromatic rings. The van der Waals surface area contributed by atoms with Crippen molar-refractivity contribution in [1.82, 2.24) is 15.3 Å². The van der Waals surface area contributed by atoms with Gasteiger partial charge in [-0.25, -0.2) is 4.98 Å². The monoisotopic (exact) mass is 439 g/mol. The van der Waals surface area contributed by atoms with Crippen LogP contribution in [0.25, 0.3) is 0 Å². The smallest absolute Gasteiger partial charge is 0.255 e. The van der Waals surface area contributed by atoms with Crippen LogP contribution in [-0.2, 0) is 27.3 Å². The Morgan fingerprint density at radius 1 is 1.25 bits per heavy atom. The zero-order chi connectivity index (χ0) is 22.5. The summed E-state index contributed by atoms with van der Waals surface area (Å²) in [6.07, 6.45) is 2.42. The average Bonchev–Trinajstić information content (AvgIpc) is 3.63. The Kier molecular flexibility index (Phi) is 6.84. The van der Waals surface area contributed by atoms with Gasteiger partial charge in [-0.15, -0.1) is 0 Å². The fourth-order valence-corrected chi connectivity index (χ4v) is 3.69. The van der Waals surface area contributed by atoms with E-state index < -0.39 is 0 Å². The van der Waals surface area contributed by atoms with Crippen LogP contribution in [0.1, 0.15) is 36.1 Å². The van der Waals surface area contributed by atoms with Crippen LogP contribution < -0.4 is 21.1 Å². The number of carbonyl (C=O) groups is 2. The third kappa shape index (κ3) is 5.73. The molecule has 0 atom stereocenters. The van der Waals surface area contributed by atoms with Crippen molar-refractivity contribution >= 4 is 23.5 Å². The van der Waals surface area contributed by atoms with Crippen LogP contribution in [0.3, 0.4) is 0 Å². The maximum Gasteiger partial charge on any atom is 0.255 e. The summed E-state index contributed by atoms with van der Waals surface area (Å²) < 4.78 is 5.34. The molecule has 1 saturated heterocycles. The average molecular weight is 440 g/mol. The van der Waals surface area contributed by atoms with E-state index in [-0.39, 0.29) is 29.7 Å². The van der Waals surface area contributed by atoms with E-state index in [2.05, 4.69) is 20.6 Å². The number of amides is 2. The summed E-state index contributed by atoms with van der Waals surface area (Å²) in [5, 5.41) is 5.79. The topological polar surface area (TPSA) is 116 Å². The first-order valence-corrected chi connectivity index (χ1v) is 11.1. The van der Waals surface area contributed by atoms with Crippen molar-refractivity contribution in [3.63, 3.8) is 0 Å². The minimum absolute atomic E-state index is 0.0556. The summed E-state index contributed by atoms with van der Waals surface area (Å²) >= 11 is 0. The number of benzene rings is 1. The first kappa shape index (κ1) is 22.0. The zero-order valence-electron chi connectivity index (χ0n) is 18.3. The maximum absolute atomic E-state index is 12.6. The SMILES string of the molecule is Cc1nc(N2CCOCC2)[nH]c(=O)c1CCC(=O)NCc1cccc(NC(=O)C2CC2)c1. The molecule has 2 heterocycles. The number of hydrogen-bond donors (Lipinski definition) is 3. The van der Waals surface area contributed by atoms with E-state index in [1.807, 2.05) is 29.2 Å². The lowest BCUT2D eigenvalue weighted by atomic mass is 10.1. The highest BCUT2D eigenvalue weighted by atomic mass is 16.5. The molecule has 0 radical (unpaired) electrons. The van der Waals surface area contributed by atoms with Gasteiger partial charge in [-0.3, -0.25) is 19.4 Å². The number of H-pyrrole nitrogens is 1. The van der Waals surface area contributed by atoms with Crippen molar-refractivity contribution in [2.24, 2.45) is 5.92 Å². The molecule has 1 aliphatic carbocycles.